The van der Waals surface area contributed by atoms with Gasteiger partial charge >= 0.3 is 0 Å². The Bertz CT molecular complexity index is 47.1. The Labute approximate surface area is 52.9 Å². The highest BCUT2D eigenvalue weighted by Crippen LogP contribution is 1.66. The maximum Gasteiger partial charge on any atom is -0.0382 e. The van der Waals surface area contributed by atoms with E-state index in [9.17, 15) is 0 Å². The summed E-state index contributed by atoms with van der Waals surface area (Å²) in [6, 6.07) is 0. The summed E-state index contributed by atoms with van der Waals surface area (Å²) in [5, 5.41) is 0. The largest absolute Gasteiger partial charge is 0.103 e. The van der Waals surface area contributed by atoms with Crippen molar-refractivity contribution in [1.82, 2.24) is 0 Å². The van der Waals surface area contributed by atoms with Crippen LogP contribution in [0.15, 0.2) is 24.8 Å². The Morgan fingerprint density at radius 3 is 1.50 bits per heavy atom. The molecule has 0 heteroatoms. The van der Waals surface area contributed by atoms with Crippen LogP contribution in [0.25, 0.3) is 0 Å². The second-order valence-electron chi connectivity index (χ2n) is 1.36. The van der Waals surface area contributed by atoms with Gasteiger partial charge in [0.15, 0.2) is 0 Å². The predicted octanol–water partition coefficient (Wildman–Crippen LogP) is 3.16. The van der Waals surface area contributed by atoms with Crippen LogP contribution in [0.5, 0.6) is 0 Å². The maximum absolute atomic E-state index is 3.48. The fourth-order valence-electron chi connectivity index (χ4n) is 0. The van der Waals surface area contributed by atoms with Crippen molar-refractivity contribution in [3.63, 3.8) is 0 Å². The molecule has 0 nitrogen and oxygen atoms in total. The molecule has 0 N–H and O–H groups in total. The average molecular weight is 112 g/mol. The molecule has 0 aromatic carbocycles. The van der Waals surface area contributed by atoms with E-state index in [0.29, 0.717) is 0 Å². The first-order valence-corrected chi connectivity index (χ1v) is 3.01. The minimum Gasteiger partial charge on any atom is -0.103 e. The first-order valence-electron chi connectivity index (χ1n) is 3.01. The van der Waals surface area contributed by atoms with E-state index in [1.807, 2.05) is 32.1 Å². The molecule has 0 saturated carbocycles. The first kappa shape index (κ1) is 10.5. The van der Waals surface area contributed by atoms with E-state index in [0.717, 1.165) is 6.42 Å². The molecule has 0 radical (unpaired) electrons. The molecule has 0 heterocycles. The third-order valence-electron chi connectivity index (χ3n) is 0.622. The fraction of sp³-hybridized carbons (Fsp3) is 0.500. The molecule has 0 atom stereocenters. The van der Waals surface area contributed by atoms with Gasteiger partial charge in [0, 0.05) is 0 Å². The average Bonchev–Trinajstić information content (AvgIpc) is 1.88. The summed E-state index contributed by atoms with van der Waals surface area (Å²) in [4.78, 5) is 0. The van der Waals surface area contributed by atoms with Gasteiger partial charge in [-0.3, -0.25) is 0 Å². The van der Waals surface area contributed by atoms with Gasteiger partial charge in [-0.05, 0) is 20.3 Å². The van der Waals surface area contributed by atoms with Crippen molar-refractivity contribution < 1.29 is 0 Å². The van der Waals surface area contributed by atoms with Gasteiger partial charge < -0.3 is 0 Å². The molecule has 0 spiro atoms. The first-order chi connectivity index (χ1) is 3.83. The molecule has 0 aliphatic carbocycles. The summed E-state index contributed by atoms with van der Waals surface area (Å²) in [5.74, 6) is 0. The van der Waals surface area contributed by atoms with Gasteiger partial charge in [0.2, 0.25) is 0 Å². The van der Waals surface area contributed by atoms with Gasteiger partial charge in [0.05, 0.1) is 0 Å². The van der Waals surface area contributed by atoms with Crippen molar-refractivity contribution in [2.45, 2.75) is 27.2 Å². The summed E-state index contributed by atoms with van der Waals surface area (Å²) in [5.41, 5.74) is 0. The molecule has 0 fully saturated rings. The summed E-state index contributed by atoms with van der Waals surface area (Å²) in [7, 11) is 0. The smallest absolute Gasteiger partial charge is 0.0382 e. The lowest BCUT2D eigenvalue weighted by molar-refractivity contribution is 1.23. The highest BCUT2D eigenvalue weighted by Gasteiger charge is 1.45. The van der Waals surface area contributed by atoms with Crippen LogP contribution in [-0.2, 0) is 0 Å². The topological polar surface area (TPSA) is 0 Å². The molecule has 0 aliphatic heterocycles. The van der Waals surface area contributed by atoms with Gasteiger partial charge in [-0.15, -0.1) is 6.58 Å². The summed E-state index contributed by atoms with van der Waals surface area (Å²) in [6.45, 7) is 9.54. The van der Waals surface area contributed by atoms with E-state index in [4.69, 9.17) is 0 Å². The van der Waals surface area contributed by atoms with Gasteiger partial charge in [-0.2, -0.15) is 0 Å². The van der Waals surface area contributed by atoms with Crippen LogP contribution in [-0.4, -0.2) is 0 Å². The van der Waals surface area contributed by atoms with Crippen LogP contribution < -0.4 is 0 Å². The van der Waals surface area contributed by atoms with E-state index in [1.165, 1.54) is 0 Å². The highest BCUT2D eigenvalue weighted by atomic mass is 13.5. The fourth-order valence-corrected chi connectivity index (χ4v) is 0. The number of allylic oxidation sites excluding steroid dienone is 3. The molecule has 0 aliphatic rings. The second-order valence-corrected chi connectivity index (χ2v) is 1.36. The molecule has 48 valence electrons. The van der Waals surface area contributed by atoms with Gasteiger partial charge in [-0.25, -0.2) is 0 Å². The summed E-state index contributed by atoms with van der Waals surface area (Å²) < 4.78 is 0. The zero-order chi connectivity index (χ0) is 6.83. The molecule has 0 aromatic heterocycles. The third-order valence-corrected chi connectivity index (χ3v) is 0.622. The standard InChI is InChI=1S/2C4H8/c2*1-3-4-2/h3-4H,1-2H3;3H,1,4H2,2H3/b4-3+;. The lowest BCUT2D eigenvalue weighted by Gasteiger charge is -1.57. The lowest BCUT2D eigenvalue weighted by atomic mass is 10.5. The van der Waals surface area contributed by atoms with Crippen LogP contribution in [0.1, 0.15) is 27.2 Å². The van der Waals surface area contributed by atoms with Crippen molar-refractivity contribution in [3.05, 3.63) is 24.8 Å². The number of hydrogen-bond acceptors (Lipinski definition) is 0. The van der Waals surface area contributed by atoms with Crippen LogP contribution in [0.2, 0.25) is 0 Å². The quantitative estimate of drug-likeness (QED) is 0.457. The van der Waals surface area contributed by atoms with E-state index >= 15 is 0 Å². The molecule has 0 saturated heterocycles. The van der Waals surface area contributed by atoms with Crippen LogP contribution in [0.3, 0.4) is 0 Å². The summed E-state index contributed by atoms with van der Waals surface area (Å²) >= 11 is 0. The number of hydrogen-bond donors (Lipinski definition) is 0. The SMILES string of the molecule is C/C=C/C.C=CCC. The van der Waals surface area contributed by atoms with Gasteiger partial charge in [0.1, 0.15) is 0 Å². The van der Waals surface area contributed by atoms with Gasteiger partial charge in [-0.1, -0.05) is 25.2 Å². The molecular weight excluding hydrogens is 96.1 g/mol. The zero-order valence-corrected chi connectivity index (χ0v) is 6.15. The minimum atomic E-state index is 1.08. The maximum atomic E-state index is 3.48. The van der Waals surface area contributed by atoms with Gasteiger partial charge in [0.25, 0.3) is 0 Å². The van der Waals surface area contributed by atoms with E-state index in [1.54, 1.807) is 0 Å². The highest BCUT2D eigenvalue weighted by molar-refractivity contribution is 4.68. The molecule has 0 bridgehead atoms. The Morgan fingerprint density at radius 2 is 1.50 bits per heavy atom. The van der Waals surface area contributed by atoms with Crippen LogP contribution in [0, 0.1) is 0 Å². The van der Waals surface area contributed by atoms with Crippen molar-refractivity contribution in [2.75, 3.05) is 0 Å². The zero-order valence-electron chi connectivity index (χ0n) is 6.15. The third kappa shape index (κ3) is 50.2. The second kappa shape index (κ2) is 16.1. The van der Waals surface area contributed by atoms with E-state index < -0.39 is 0 Å². The van der Waals surface area contributed by atoms with Crippen molar-refractivity contribution in [2.24, 2.45) is 0 Å². The lowest BCUT2D eigenvalue weighted by Crippen LogP contribution is -1.36. The monoisotopic (exact) mass is 112 g/mol. The summed E-state index contributed by atoms with van der Waals surface area (Å²) in [6.07, 6.45) is 6.96. The Morgan fingerprint density at radius 1 is 1.25 bits per heavy atom. The Kier molecular flexibility index (Phi) is 21.0. The minimum absolute atomic E-state index is 1.08. The van der Waals surface area contributed by atoms with Crippen molar-refractivity contribution in [3.8, 4) is 0 Å². The van der Waals surface area contributed by atoms with Crippen LogP contribution in [0.4, 0.5) is 0 Å². The van der Waals surface area contributed by atoms with Crippen molar-refractivity contribution in [1.29, 1.82) is 0 Å². The van der Waals surface area contributed by atoms with Crippen LogP contribution >= 0.6 is 0 Å². The molecule has 0 unspecified atom stereocenters. The Hall–Kier alpha value is -0.520. The molecule has 0 rings (SSSR count). The van der Waals surface area contributed by atoms with E-state index in [2.05, 4.69) is 13.5 Å². The predicted molar refractivity (Wildman–Crippen MR) is 41.0 cm³/mol. The molecule has 0 aromatic rings. The van der Waals surface area contributed by atoms with Crippen molar-refractivity contribution >= 4 is 0 Å². The normalized spacial score (nSPS) is 7.88. The molecule has 0 amide bonds. The number of rotatable bonds is 1. The molecular formula is C8H16. The Balaban J connectivity index is 0. The van der Waals surface area contributed by atoms with E-state index in [-0.39, 0.29) is 0 Å². The molecule has 8 heavy (non-hydrogen) atoms.